The number of ether oxygens (including phenoxy) is 1. The van der Waals surface area contributed by atoms with Crippen LogP contribution in [-0.4, -0.2) is 66.7 Å². The van der Waals surface area contributed by atoms with Gasteiger partial charge in [0.2, 0.25) is 5.91 Å². The summed E-state index contributed by atoms with van der Waals surface area (Å²) < 4.78 is 5.86. The average Bonchev–Trinajstić information content (AvgIpc) is 3.64. The summed E-state index contributed by atoms with van der Waals surface area (Å²) in [7, 11) is 4.01. The lowest BCUT2D eigenvalue weighted by Crippen LogP contribution is -2.50. The molecule has 1 saturated heterocycles. The quantitative estimate of drug-likeness (QED) is 0.740. The lowest BCUT2D eigenvalue weighted by atomic mass is 9.94. The second kappa shape index (κ2) is 8.36. The molecule has 0 spiro atoms. The molecule has 2 aliphatic heterocycles. The zero-order valence-electron chi connectivity index (χ0n) is 18.4. The van der Waals surface area contributed by atoms with Crippen LogP contribution < -0.4 is 14.5 Å². The van der Waals surface area contributed by atoms with Gasteiger partial charge in [-0.1, -0.05) is 18.2 Å². The standard InChI is InChI=1S/C24H31N5O2/c1-27(2)22-14-23(26-16-25-22)29(19-7-8-19)20-9-11-28(12-10-20)24(30)18-13-17-5-3-4-6-21(17)31-15-18/h3-6,14,16,18-20H,7-13,15H2,1-2H3. The number of carbonyl (C=O) groups excluding carboxylic acids is 1. The van der Waals surface area contributed by atoms with Gasteiger partial charge in [0.05, 0.1) is 5.92 Å². The van der Waals surface area contributed by atoms with E-state index in [9.17, 15) is 4.79 Å². The van der Waals surface area contributed by atoms with Crippen LogP contribution in [0.1, 0.15) is 31.2 Å². The van der Waals surface area contributed by atoms with Crippen LogP contribution in [0.4, 0.5) is 11.6 Å². The number of nitrogens with zero attached hydrogens (tertiary/aromatic N) is 5. The molecular weight excluding hydrogens is 390 g/mol. The molecule has 3 heterocycles. The van der Waals surface area contributed by atoms with Gasteiger partial charge in [-0.3, -0.25) is 4.79 Å². The minimum Gasteiger partial charge on any atom is -0.492 e. The number of carbonyl (C=O) groups is 1. The van der Waals surface area contributed by atoms with Crippen molar-refractivity contribution in [2.75, 3.05) is 43.6 Å². The summed E-state index contributed by atoms with van der Waals surface area (Å²) in [4.78, 5) is 28.7. The Balaban J connectivity index is 1.23. The van der Waals surface area contributed by atoms with Crippen molar-refractivity contribution in [3.05, 3.63) is 42.2 Å². The van der Waals surface area contributed by atoms with E-state index < -0.39 is 0 Å². The molecule has 1 atom stereocenters. The minimum absolute atomic E-state index is 0.0736. The van der Waals surface area contributed by atoms with E-state index in [2.05, 4.69) is 31.9 Å². The van der Waals surface area contributed by atoms with Crippen LogP contribution in [0.25, 0.3) is 0 Å². The Kier molecular flexibility index (Phi) is 5.42. The van der Waals surface area contributed by atoms with Crippen LogP contribution in [-0.2, 0) is 11.2 Å². The lowest BCUT2D eigenvalue weighted by molar-refractivity contribution is -0.138. The summed E-state index contributed by atoms with van der Waals surface area (Å²) in [6.07, 6.45) is 6.84. The highest BCUT2D eigenvalue weighted by Gasteiger charge is 2.38. The van der Waals surface area contributed by atoms with Gasteiger partial charge in [0, 0.05) is 45.3 Å². The van der Waals surface area contributed by atoms with E-state index in [1.807, 2.05) is 37.2 Å². The molecule has 5 rings (SSSR count). The summed E-state index contributed by atoms with van der Waals surface area (Å²) in [5.41, 5.74) is 1.14. The van der Waals surface area contributed by atoms with E-state index in [1.165, 1.54) is 12.8 Å². The molecule has 0 bridgehead atoms. The van der Waals surface area contributed by atoms with Gasteiger partial charge >= 0.3 is 0 Å². The molecule has 7 heteroatoms. The van der Waals surface area contributed by atoms with Gasteiger partial charge in [0.1, 0.15) is 30.3 Å². The van der Waals surface area contributed by atoms with Crippen molar-refractivity contribution in [3.63, 3.8) is 0 Å². The second-order valence-electron chi connectivity index (χ2n) is 9.14. The van der Waals surface area contributed by atoms with Gasteiger partial charge in [0.25, 0.3) is 0 Å². The van der Waals surface area contributed by atoms with E-state index in [-0.39, 0.29) is 11.8 Å². The summed E-state index contributed by atoms with van der Waals surface area (Å²) in [5, 5.41) is 0. The fourth-order valence-corrected chi connectivity index (χ4v) is 4.86. The molecule has 2 aromatic rings. The molecule has 0 N–H and O–H groups in total. The summed E-state index contributed by atoms with van der Waals surface area (Å²) in [6, 6.07) is 11.1. The maximum atomic E-state index is 13.2. The van der Waals surface area contributed by atoms with Crippen molar-refractivity contribution in [2.45, 2.75) is 44.2 Å². The van der Waals surface area contributed by atoms with E-state index in [1.54, 1.807) is 6.33 Å². The van der Waals surface area contributed by atoms with Gasteiger partial charge in [-0.2, -0.15) is 0 Å². The molecule has 3 aliphatic rings. The van der Waals surface area contributed by atoms with Crippen molar-refractivity contribution < 1.29 is 9.53 Å². The first-order valence-electron chi connectivity index (χ1n) is 11.4. The predicted molar refractivity (Wildman–Crippen MR) is 121 cm³/mol. The highest BCUT2D eigenvalue weighted by atomic mass is 16.5. The second-order valence-corrected chi connectivity index (χ2v) is 9.14. The number of fused-ring (bicyclic) bond motifs is 1. The average molecular weight is 422 g/mol. The molecule has 1 aliphatic carbocycles. The van der Waals surface area contributed by atoms with Gasteiger partial charge < -0.3 is 19.4 Å². The molecule has 1 amide bonds. The smallest absolute Gasteiger partial charge is 0.229 e. The Hall–Kier alpha value is -2.83. The molecule has 0 radical (unpaired) electrons. The van der Waals surface area contributed by atoms with E-state index in [4.69, 9.17) is 4.74 Å². The van der Waals surface area contributed by atoms with Crippen LogP contribution in [0.2, 0.25) is 0 Å². The van der Waals surface area contributed by atoms with E-state index in [0.717, 1.165) is 55.3 Å². The molecule has 31 heavy (non-hydrogen) atoms. The first-order valence-corrected chi connectivity index (χ1v) is 11.4. The SMILES string of the molecule is CN(C)c1cc(N(C2CC2)C2CCN(C(=O)C3COc4ccccc4C3)CC2)ncn1. The highest BCUT2D eigenvalue weighted by molar-refractivity contribution is 5.80. The van der Waals surface area contributed by atoms with Crippen molar-refractivity contribution in [1.29, 1.82) is 0 Å². The number of para-hydroxylation sites is 1. The maximum Gasteiger partial charge on any atom is 0.229 e. The molecule has 7 nitrogen and oxygen atoms in total. The zero-order valence-corrected chi connectivity index (χ0v) is 18.4. The fraction of sp³-hybridized carbons (Fsp3) is 0.542. The summed E-state index contributed by atoms with van der Waals surface area (Å²) >= 11 is 0. The third kappa shape index (κ3) is 4.18. The van der Waals surface area contributed by atoms with Crippen LogP contribution in [0.5, 0.6) is 5.75 Å². The first-order chi connectivity index (χ1) is 15.1. The molecule has 2 fully saturated rings. The largest absolute Gasteiger partial charge is 0.492 e. The monoisotopic (exact) mass is 421 g/mol. The van der Waals surface area contributed by atoms with Crippen LogP contribution in [0, 0.1) is 5.92 Å². The van der Waals surface area contributed by atoms with E-state index >= 15 is 0 Å². The van der Waals surface area contributed by atoms with Crippen molar-refractivity contribution in [3.8, 4) is 5.75 Å². The first kappa shape index (κ1) is 20.1. The number of hydrogen-bond donors (Lipinski definition) is 0. The minimum atomic E-state index is -0.0736. The van der Waals surface area contributed by atoms with Crippen molar-refractivity contribution in [1.82, 2.24) is 14.9 Å². The summed E-state index contributed by atoms with van der Waals surface area (Å²) in [6.45, 7) is 2.09. The number of rotatable bonds is 5. The Morgan fingerprint density at radius 1 is 1.03 bits per heavy atom. The molecule has 164 valence electrons. The normalized spacial score (nSPS) is 21.2. The molecule has 1 aromatic carbocycles. The van der Waals surface area contributed by atoms with Crippen molar-refractivity contribution >= 4 is 17.5 Å². The van der Waals surface area contributed by atoms with Crippen molar-refractivity contribution in [2.24, 2.45) is 5.92 Å². The van der Waals surface area contributed by atoms with Gasteiger partial charge in [-0.15, -0.1) is 0 Å². The number of anilines is 2. The fourth-order valence-electron chi connectivity index (χ4n) is 4.86. The Morgan fingerprint density at radius 2 is 1.74 bits per heavy atom. The van der Waals surface area contributed by atoms with Crippen LogP contribution in [0.15, 0.2) is 36.7 Å². The third-order valence-electron chi connectivity index (χ3n) is 6.70. The number of piperidine rings is 1. The maximum absolute atomic E-state index is 13.2. The molecule has 1 aromatic heterocycles. The highest BCUT2D eigenvalue weighted by Crippen LogP contribution is 2.36. The number of aromatic nitrogens is 2. The Labute approximate surface area is 184 Å². The molecule has 1 unspecified atom stereocenters. The third-order valence-corrected chi connectivity index (χ3v) is 6.70. The topological polar surface area (TPSA) is 61.8 Å². The van der Waals surface area contributed by atoms with Gasteiger partial charge in [-0.05, 0) is 43.7 Å². The molecule has 1 saturated carbocycles. The number of hydrogen-bond acceptors (Lipinski definition) is 6. The lowest BCUT2D eigenvalue weighted by Gasteiger charge is -2.40. The Morgan fingerprint density at radius 3 is 2.48 bits per heavy atom. The predicted octanol–water partition coefficient (Wildman–Crippen LogP) is 2.75. The number of likely N-dealkylation sites (tertiary alicyclic amines) is 1. The van der Waals surface area contributed by atoms with Gasteiger partial charge in [0.15, 0.2) is 0 Å². The summed E-state index contributed by atoms with van der Waals surface area (Å²) in [5.74, 6) is 3.04. The van der Waals surface area contributed by atoms with E-state index in [0.29, 0.717) is 18.7 Å². The number of amides is 1. The Bertz CT molecular complexity index is 937. The van der Waals surface area contributed by atoms with Crippen LogP contribution >= 0.6 is 0 Å². The van der Waals surface area contributed by atoms with Gasteiger partial charge in [-0.25, -0.2) is 9.97 Å². The molecular formula is C24H31N5O2. The zero-order chi connectivity index (χ0) is 21.4. The van der Waals surface area contributed by atoms with Crippen LogP contribution in [0.3, 0.4) is 0 Å². The number of benzene rings is 1.